The average Bonchev–Trinajstić information content (AvgIpc) is 3.33. The van der Waals surface area contributed by atoms with Crippen molar-refractivity contribution in [3.05, 3.63) is 58.7 Å². The minimum Gasteiger partial charge on any atom is -0.462 e. The molecule has 1 spiro atoms. The first kappa shape index (κ1) is 30.8. The second-order valence-electron chi connectivity index (χ2n) is 14.4. The maximum Gasteiger partial charge on any atom is 0.316 e. The first-order chi connectivity index (χ1) is 22.9. The van der Waals surface area contributed by atoms with Gasteiger partial charge in [0, 0.05) is 25.2 Å². The number of aliphatic hydroxyl groups is 2. The maximum atomic E-state index is 14.2. The Hall–Kier alpha value is -2.56. The fourth-order valence-corrected chi connectivity index (χ4v) is 7.88. The molecule has 9 nitrogen and oxygen atoms in total. The number of aliphatic hydroxyl groups excluding tert-OH is 1. The number of oxime groups is 1. The van der Waals surface area contributed by atoms with Crippen LogP contribution in [0.25, 0.3) is 0 Å². The second kappa shape index (κ2) is 13.9. The van der Waals surface area contributed by atoms with Crippen molar-refractivity contribution in [3.8, 4) is 0 Å². The highest BCUT2D eigenvalue weighted by Crippen LogP contribution is 2.47. The fourth-order valence-electron chi connectivity index (χ4n) is 7.88. The number of carbonyl (C=O) groups is 1. The van der Waals surface area contributed by atoms with Gasteiger partial charge in [-0.1, -0.05) is 74.9 Å². The van der Waals surface area contributed by atoms with Crippen LogP contribution >= 0.6 is 0 Å². The van der Waals surface area contributed by atoms with E-state index >= 15 is 0 Å². The van der Waals surface area contributed by atoms with E-state index in [-0.39, 0.29) is 37.2 Å². The Balaban J connectivity index is 1.56. The largest absolute Gasteiger partial charge is 0.462 e. The van der Waals surface area contributed by atoms with Crippen LogP contribution in [0, 0.1) is 23.7 Å². The number of rotatable bonds is 3. The monoisotopic (exact) mass is 642 g/mol. The third kappa shape index (κ3) is 6.99. The van der Waals surface area contributed by atoms with Gasteiger partial charge in [-0.3, -0.25) is 4.79 Å². The van der Waals surface area contributed by atoms with E-state index in [1.54, 1.807) is 19.1 Å². The van der Waals surface area contributed by atoms with Gasteiger partial charge in [0.25, 0.3) is 0 Å². The Kier molecular flexibility index (Phi) is 9.29. The van der Waals surface area contributed by atoms with E-state index < -0.39 is 60.8 Å². The molecule has 5 aliphatic rings. The van der Waals surface area contributed by atoms with Crippen LogP contribution in [0.3, 0.4) is 0 Å². The van der Waals surface area contributed by atoms with E-state index in [1.165, 1.54) is 5.57 Å². The Labute approximate surface area is 278 Å². The van der Waals surface area contributed by atoms with Crippen LogP contribution in [-0.2, 0) is 28.6 Å². The van der Waals surface area contributed by atoms with Crippen LogP contribution in [0.15, 0.2) is 63.9 Å². The van der Waals surface area contributed by atoms with Crippen molar-refractivity contribution in [1.29, 1.82) is 0 Å². The number of allylic oxidation sites excluding steroid dienone is 5. The van der Waals surface area contributed by atoms with Crippen molar-refractivity contribution in [2.45, 2.75) is 122 Å². The summed E-state index contributed by atoms with van der Waals surface area (Å²) in [6.45, 7) is 14.0. The Bertz CT molecular complexity index is 1450. The molecule has 0 radical (unpaired) electrons. The number of hydrogen-bond acceptors (Lipinski definition) is 9. The molecule has 0 aromatic carbocycles. The number of hydrogen-bond donors (Lipinski definition) is 2. The van der Waals surface area contributed by atoms with E-state index in [9.17, 15) is 15.0 Å². The van der Waals surface area contributed by atoms with Gasteiger partial charge in [0.1, 0.15) is 36.9 Å². The highest BCUT2D eigenvalue weighted by atomic mass is 16.7. The lowest BCUT2D eigenvalue weighted by atomic mass is 9.71. The molecule has 9 heteroatoms. The molecule has 4 aliphatic heterocycles. The van der Waals surface area contributed by atoms with Gasteiger partial charge < -0.3 is 34.0 Å². The Morgan fingerprint density at radius 2 is 2.02 bits per heavy atom. The van der Waals surface area contributed by atoms with Crippen LogP contribution in [0.4, 0.5) is 0 Å². The number of fused-ring (bicyclic) bond motifs is 2. The van der Waals surface area contributed by atoms with Gasteiger partial charge in [-0.15, -0.1) is 0 Å². The third-order valence-electron chi connectivity index (χ3n) is 10.1. The molecule has 2 bridgehead atoms. The van der Waals surface area contributed by atoms with Crippen molar-refractivity contribution >= 4 is 11.7 Å². The van der Waals surface area contributed by atoms with E-state index in [2.05, 4.69) is 51.1 Å². The SMILES string of the molecule is [2H]C([2H])([2H])O/N=C1/C[C@]2(C[C@@H]3C[C@@H](C/C=C(\C)C[C@@H](C)/C=C/C=C4\CO[C@@H]5[C@H](O)C(C)=C[C@@H](C(=O)O3)[C@]45O)O2)O[C@H](/C(C)=C/C(C)C)[C@H]1C. The maximum absolute atomic E-state index is 14.2. The van der Waals surface area contributed by atoms with Gasteiger partial charge >= 0.3 is 5.97 Å². The third-order valence-corrected chi connectivity index (χ3v) is 10.1. The smallest absolute Gasteiger partial charge is 0.316 e. The second-order valence-corrected chi connectivity index (χ2v) is 14.4. The van der Waals surface area contributed by atoms with Gasteiger partial charge in [-0.25, -0.2) is 0 Å². The lowest BCUT2D eigenvalue weighted by molar-refractivity contribution is -0.313. The van der Waals surface area contributed by atoms with Crippen LogP contribution in [0.5, 0.6) is 0 Å². The molecule has 3 saturated heterocycles. The number of esters is 1. The molecular formula is C37H53NO8. The average molecular weight is 643 g/mol. The number of nitrogens with zero attached hydrogens (tertiary/aromatic N) is 1. The van der Waals surface area contributed by atoms with Gasteiger partial charge in [0.05, 0.1) is 28.6 Å². The zero-order chi connectivity index (χ0) is 35.9. The van der Waals surface area contributed by atoms with E-state index in [0.717, 1.165) is 12.0 Å². The highest BCUT2D eigenvalue weighted by Gasteiger charge is 2.60. The molecule has 0 aromatic rings. The number of carbonyl (C=O) groups excluding carboxylic acids is 1. The molecule has 46 heavy (non-hydrogen) atoms. The molecule has 0 aromatic heterocycles. The zero-order valence-electron chi connectivity index (χ0n) is 31.2. The molecular weight excluding hydrogens is 586 g/mol. The van der Waals surface area contributed by atoms with E-state index in [0.29, 0.717) is 29.7 Å². The van der Waals surface area contributed by atoms with Gasteiger partial charge in [0.15, 0.2) is 5.79 Å². The van der Waals surface area contributed by atoms with Crippen LogP contribution in [-0.4, -0.2) is 77.4 Å². The van der Waals surface area contributed by atoms with Crippen molar-refractivity contribution < 1.29 is 42.9 Å². The Morgan fingerprint density at radius 3 is 2.76 bits per heavy atom. The van der Waals surface area contributed by atoms with Crippen LogP contribution < -0.4 is 0 Å². The molecule has 5 rings (SSSR count). The summed E-state index contributed by atoms with van der Waals surface area (Å²) in [5.41, 5.74) is 1.83. The fraction of sp³-hybridized carbons (Fsp3) is 0.676. The standard InChI is InChI=1S/C37H53NO8/c1-21(2)14-25(6)33-26(7)31(38-42-8)19-36(46-33)18-29-17-28(45-36)13-12-23(4)15-22(3)10-9-11-27-20-43-34-32(39)24(5)16-30(35(40)44-29)37(27,34)41/h9-12,14,16,21-22,26,28-30,32-34,39,41H,13,15,17-20H2,1-8H3/b10-9+,23-12+,25-14+,27-11+,38-31-/t22-,26-,28+,29-,30-,32+,33+,34+,36-,37+/m0/s1/i8D3. The minimum atomic E-state index is -2.73. The lowest BCUT2D eigenvalue weighted by Gasteiger charge is -2.50. The summed E-state index contributed by atoms with van der Waals surface area (Å²) < 4.78 is 48.7. The lowest BCUT2D eigenvalue weighted by Crippen LogP contribution is -2.59. The molecule has 254 valence electrons. The normalized spacial score (nSPS) is 45.7. The zero-order valence-corrected chi connectivity index (χ0v) is 28.2. The molecule has 0 unspecified atom stereocenters. The summed E-state index contributed by atoms with van der Waals surface area (Å²) in [5, 5.41) is 27.3. The molecule has 3 fully saturated rings. The molecule has 2 N–H and O–H groups in total. The summed E-state index contributed by atoms with van der Waals surface area (Å²) in [6, 6.07) is 0. The molecule has 4 heterocycles. The predicted octanol–water partition coefficient (Wildman–Crippen LogP) is 5.73. The summed E-state index contributed by atoms with van der Waals surface area (Å²) >= 11 is 0. The van der Waals surface area contributed by atoms with Crippen molar-refractivity contribution in [2.24, 2.45) is 28.8 Å². The highest BCUT2D eigenvalue weighted by molar-refractivity contribution is 5.88. The predicted molar refractivity (Wildman–Crippen MR) is 176 cm³/mol. The summed E-state index contributed by atoms with van der Waals surface area (Å²) in [4.78, 5) is 19.2. The minimum absolute atomic E-state index is 0.0698. The first-order valence-electron chi connectivity index (χ1n) is 18.1. The van der Waals surface area contributed by atoms with E-state index in [1.807, 2.05) is 19.9 Å². The van der Waals surface area contributed by atoms with Crippen LogP contribution in [0.1, 0.15) is 84.7 Å². The van der Waals surface area contributed by atoms with Gasteiger partial charge in [-0.2, -0.15) is 0 Å². The van der Waals surface area contributed by atoms with Gasteiger partial charge in [-0.05, 0) is 62.2 Å². The van der Waals surface area contributed by atoms with E-state index in [4.69, 9.17) is 27.9 Å². The molecule has 0 amide bonds. The summed E-state index contributed by atoms with van der Waals surface area (Å²) in [7, 11) is -2.73. The van der Waals surface area contributed by atoms with Crippen molar-refractivity contribution in [2.75, 3.05) is 13.6 Å². The molecule has 10 atom stereocenters. The topological polar surface area (TPSA) is 116 Å². The Morgan fingerprint density at radius 1 is 1.24 bits per heavy atom. The number of ether oxygens (including phenoxy) is 4. The van der Waals surface area contributed by atoms with Gasteiger partial charge in [0.2, 0.25) is 0 Å². The van der Waals surface area contributed by atoms with Crippen molar-refractivity contribution in [1.82, 2.24) is 0 Å². The van der Waals surface area contributed by atoms with Crippen molar-refractivity contribution in [3.63, 3.8) is 0 Å². The molecule has 0 saturated carbocycles. The summed E-state index contributed by atoms with van der Waals surface area (Å²) in [5.74, 6) is -2.94. The first-order valence-corrected chi connectivity index (χ1v) is 16.6. The molecule has 1 aliphatic carbocycles. The quantitative estimate of drug-likeness (QED) is 0.228. The summed E-state index contributed by atoms with van der Waals surface area (Å²) in [6.07, 6.45) is 9.89. The van der Waals surface area contributed by atoms with Crippen LogP contribution in [0.2, 0.25) is 0 Å².